The smallest absolute Gasteiger partial charge is 0.416 e. The van der Waals surface area contributed by atoms with Gasteiger partial charge < -0.3 is 15.2 Å². The maximum absolute atomic E-state index is 12.8. The molecule has 96 valence electrons. The van der Waals surface area contributed by atoms with E-state index >= 15 is 0 Å². The van der Waals surface area contributed by atoms with Crippen molar-refractivity contribution in [2.75, 3.05) is 20.8 Å². The van der Waals surface area contributed by atoms with E-state index < -0.39 is 11.7 Å². The van der Waals surface area contributed by atoms with Gasteiger partial charge in [-0.15, -0.1) is 0 Å². The first-order valence-corrected chi connectivity index (χ1v) is 4.96. The number of rotatable bonds is 4. The molecule has 0 aromatic heterocycles. The van der Waals surface area contributed by atoms with Crippen LogP contribution in [0.5, 0.6) is 11.5 Å². The Morgan fingerprint density at radius 2 is 1.82 bits per heavy atom. The zero-order valence-corrected chi connectivity index (χ0v) is 9.60. The number of benzene rings is 1. The predicted octanol–water partition coefficient (Wildman–Crippen LogP) is 2.22. The summed E-state index contributed by atoms with van der Waals surface area (Å²) in [6.45, 7) is 0.104. The van der Waals surface area contributed by atoms with Crippen molar-refractivity contribution in [2.24, 2.45) is 5.73 Å². The van der Waals surface area contributed by atoms with E-state index in [0.29, 0.717) is 0 Å². The number of hydrogen-bond donors (Lipinski definition) is 1. The van der Waals surface area contributed by atoms with Gasteiger partial charge in [-0.3, -0.25) is 0 Å². The second-order valence-electron chi connectivity index (χ2n) is 3.36. The van der Waals surface area contributed by atoms with Gasteiger partial charge in [0.1, 0.15) is 0 Å². The van der Waals surface area contributed by atoms with Crippen LogP contribution in [0.2, 0.25) is 0 Å². The molecule has 0 amide bonds. The lowest BCUT2D eigenvalue weighted by molar-refractivity contribution is -0.138. The Morgan fingerprint density at radius 3 is 2.24 bits per heavy atom. The summed E-state index contributed by atoms with van der Waals surface area (Å²) in [5, 5.41) is 0. The number of alkyl halides is 3. The van der Waals surface area contributed by atoms with Crippen LogP contribution in [0, 0.1) is 0 Å². The lowest BCUT2D eigenvalue weighted by Crippen LogP contribution is -2.14. The number of ether oxygens (including phenoxy) is 2. The minimum Gasteiger partial charge on any atom is -0.493 e. The molecule has 0 aliphatic heterocycles. The quantitative estimate of drug-likeness (QED) is 0.889. The first-order chi connectivity index (χ1) is 7.95. The summed E-state index contributed by atoms with van der Waals surface area (Å²) in [5.41, 5.74) is 4.62. The molecule has 0 aliphatic carbocycles. The van der Waals surface area contributed by atoms with Gasteiger partial charge in [0.15, 0.2) is 11.5 Å². The van der Waals surface area contributed by atoms with Gasteiger partial charge in [0, 0.05) is 5.56 Å². The summed E-state index contributed by atoms with van der Waals surface area (Å²) < 4.78 is 48.3. The molecular formula is C11H14F3NO2. The molecule has 1 aromatic rings. The summed E-state index contributed by atoms with van der Waals surface area (Å²) in [7, 11) is 2.68. The third-order valence-electron chi connectivity index (χ3n) is 2.35. The lowest BCUT2D eigenvalue weighted by Gasteiger charge is -2.18. The fraction of sp³-hybridized carbons (Fsp3) is 0.455. The van der Waals surface area contributed by atoms with E-state index in [0.717, 1.165) is 6.07 Å². The molecule has 0 saturated heterocycles. The Hall–Kier alpha value is -1.43. The van der Waals surface area contributed by atoms with Crippen molar-refractivity contribution in [2.45, 2.75) is 12.6 Å². The van der Waals surface area contributed by atoms with Crippen LogP contribution in [0.1, 0.15) is 11.1 Å². The van der Waals surface area contributed by atoms with E-state index in [4.69, 9.17) is 15.2 Å². The molecule has 1 rings (SSSR count). The highest BCUT2D eigenvalue weighted by molar-refractivity contribution is 5.52. The molecule has 0 radical (unpaired) electrons. The highest BCUT2D eigenvalue weighted by Gasteiger charge is 2.35. The fourth-order valence-corrected chi connectivity index (χ4v) is 1.65. The Bertz CT molecular complexity index is 391. The van der Waals surface area contributed by atoms with Gasteiger partial charge in [0.05, 0.1) is 19.8 Å². The first kappa shape index (κ1) is 13.6. The number of methoxy groups -OCH3 is 2. The molecule has 0 bridgehead atoms. The molecular weight excluding hydrogens is 235 g/mol. The first-order valence-electron chi connectivity index (χ1n) is 4.96. The highest BCUT2D eigenvalue weighted by atomic mass is 19.4. The Morgan fingerprint density at radius 1 is 1.18 bits per heavy atom. The van der Waals surface area contributed by atoms with Crippen molar-refractivity contribution in [3.05, 3.63) is 23.3 Å². The van der Waals surface area contributed by atoms with Crippen molar-refractivity contribution in [1.29, 1.82) is 0 Å². The zero-order valence-electron chi connectivity index (χ0n) is 9.60. The molecule has 2 N–H and O–H groups in total. The molecule has 3 nitrogen and oxygen atoms in total. The average molecular weight is 249 g/mol. The van der Waals surface area contributed by atoms with E-state index in [1.165, 1.54) is 20.3 Å². The molecule has 0 atom stereocenters. The minimum absolute atomic E-state index is 0.0295. The summed E-state index contributed by atoms with van der Waals surface area (Å²) in [6.07, 6.45) is -4.35. The lowest BCUT2D eigenvalue weighted by atomic mass is 10.0. The molecule has 0 unspecified atom stereocenters. The molecule has 0 aliphatic rings. The Labute approximate surface area is 97.3 Å². The zero-order chi connectivity index (χ0) is 13.1. The average Bonchev–Trinajstić information content (AvgIpc) is 2.27. The molecule has 0 fully saturated rings. The van der Waals surface area contributed by atoms with Gasteiger partial charge in [-0.25, -0.2) is 0 Å². The van der Waals surface area contributed by atoms with Crippen LogP contribution in [0.3, 0.4) is 0 Å². The van der Waals surface area contributed by atoms with Gasteiger partial charge >= 0.3 is 6.18 Å². The van der Waals surface area contributed by atoms with Gasteiger partial charge in [-0.2, -0.15) is 13.2 Å². The van der Waals surface area contributed by atoms with E-state index in [2.05, 4.69) is 0 Å². The van der Waals surface area contributed by atoms with Crippen LogP contribution in [-0.2, 0) is 12.6 Å². The number of hydrogen-bond acceptors (Lipinski definition) is 3. The van der Waals surface area contributed by atoms with Crippen LogP contribution >= 0.6 is 0 Å². The maximum atomic E-state index is 12.8. The van der Waals surface area contributed by atoms with Gasteiger partial charge in [-0.1, -0.05) is 0 Å². The number of halogens is 3. The van der Waals surface area contributed by atoms with Gasteiger partial charge in [0.2, 0.25) is 0 Å². The normalized spacial score (nSPS) is 11.4. The SMILES string of the molecule is COc1ccc(C(F)(F)F)c(CCN)c1OC. The van der Waals surface area contributed by atoms with Gasteiger partial charge in [-0.05, 0) is 25.1 Å². The molecule has 17 heavy (non-hydrogen) atoms. The second kappa shape index (κ2) is 5.27. The van der Waals surface area contributed by atoms with Crippen molar-refractivity contribution in [3.8, 4) is 11.5 Å². The number of nitrogens with two attached hydrogens (primary N) is 1. The largest absolute Gasteiger partial charge is 0.493 e. The van der Waals surface area contributed by atoms with Gasteiger partial charge in [0.25, 0.3) is 0 Å². The highest BCUT2D eigenvalue weighted by Crippen LogP contribution is 2.40. The van der Waals surface area contributed by atoms with Crippen molar-refractivity contribution >= 4 is 0 Å². The standard InChI is InChI=1S/C11H14F3NO2/c1-16-9-4-3-8(11(12,13)14)7(5-6-15)10(9)17-2/h3-4H,5-6,15H2,1-2H3. The van der Waals surface area contributed by atoms with E-state index in [9.17, 15) is 13.2 Å². The van der Waals surface area contributed by atoms with Crippen LogP contribution in [0.4, 0.5) is 13.2 Å². The minimum atomic E-state index is -4.43. The predicted molar refractivity (Wildman–Crippen MR) is 57.3 cm³/mol. The summed E-state index contributed by atoms with van der Waals surface area (Å²) in [6, 6.07) is 2.22. The van der Waals surface area contributed by atoms with E-state index in [-0.39, 0.29) is 30.0 Å². The topological polar surface area (TPSA) is 44.5 Å². The Kier molecular flexibility index (Phi) is 4.22. The van der Waals surface area contributed by atoms with E-state index in [1.807, 2.05) is 0 Å². The van der Waals surface area contributed by atoms with E-state index in [1.54, 1.807) is 0 Å². The molecule has 6 heteroatoms. The molecule has 0 saturated carbocycles. The molecule has 0 heterocycles. The third kappa shape index (κ3) is 2.82. The fourth-order valence-electron chi connectivity index (χ4n) is 1.65. The van der Waals surface area contributed by atoms with Crippen molar-refractivity contribution < 1.29 is 22.6 Å². The Balaban J connectivity index is 3.42. The maximum Gasteiger partial charge on any atom is 0.416 e. The second-order valence-corrected chi connectivity index (χ2v) is 3.36. The van der Waals surface area contributed by atoms with Crippen molar-refractivity contribution in [3.63, 3.8) is 0 Å². The third-order valence-corrected chi connectivity index (χ3v) is 2.35. The van der Waals surface area contributed by atoms with Crippen LogP contribution in [0.25, 0.3) is 0 Å². The molecule has 1 aromatic carbocycles. The van der Waals surface area contributed by atoms with Crippen molar-refractivity contribution in [1.82, 2.24) is 0 Å². The van der Waals surface area contributed by atoms with Crippen LogP contribution in [0.15, 0.2) is 12.1 Å². The molecule has 0 spiro atoms. The van der Waals surface area contributed by atoms with Crippen LogP contribution in [-0.4, -0.2) is 20.8 Å². The summed E-state index contributed by atoms with van der Waals surface area (Å²) in [4.78, 5) is 0. The van der Waals surface area contributed by atoms with Crippen LogP contribution < -0.4 is 15.2 Å². The summed E-state index contributed by atoms with van der Waals surface area (Å²) in [5.74, 6) is 0.358. The monoisotopic (exact) mass is 249 g/mol. The summed E-state index contributed by atoms with van der Waals surface area (Å²) >= 11 is 0.